The van der Waals surface area contributed by atoms with E-state index in [2.05, 4.69) is 27.4 Å². The van der Waals surface area contributed by atoms with Crippen molar-refractivity contribution in [1.29, 1.82) is 0 Å². The Balaban J connectivity index is 2.36. The predicted octanol–water partition coefficient (Wildman–Crippen LogP) is 2.68. The first-order valence-electron chi connectivity index (χ1n) is 5.26. The fraction of sp³-hybridized carbons (Fsp3) is 0.750. The van der Waals surface area contributed by atoms with Crippen LogP contribution in [-0.4, -0.2) is 12.1 Å². The van der Waals surface area contributed by atoms with Gasteiger partial charge >= 0.3 is 5.97 Å². The van der Waals surface area contributed by atoms with Gasteiger partial charge in [0, 0.05) is 5.41 Å². The van der Waals surface area contributed by atoms with Crippen LogP contribution in [0.1, 0.15) is 40.0 Å². The molecule has 0 spiro atoms. The molecule has 1 saturated heterocycles. The Morgan fingerprint density at radius 1 is 1.43 bits per heavy atom. The van der Waals surface area contributed by atoms with E-state index in [9.17, 15) is 4.79 Å². The molecule has 14 heavy (non-hydrogen) atoms. The summed E-state index contributed by atoms with van der Waals surface area (Å²) in [6.45, 7) is 10.7. The molecule has 2 rings (SSSR count). The molecule has 0 amide bonds. The minimum absolute atomic E-state index is 0.0589. The molecule has 2 heteroatoms. The molecule has 0 unspecified atom stereocenters. The van der Waals surface area contributed by atoms with Gasteiger partial charge < -0.3 is 4.74 Å². The number of ether oxygens (including phenoxy) is 1. The standard InChI is InChI=1S/C12H18O2/c1-8-11(2,3)6-5-9-12(8,4)7-10(13)14-9/h9H,1,5-7H2,2-4H3/t9-,12-/m1/s1. The Morgan fingerprint density at radius 2 is 2.07 bits per heavy atom. The summed E-state index contributed by atoms with van der Waals surface area (Å²) < 4.78 is 5.33. The molecule has 0 aromatic rings. The lowest BCUT2D eigenvalue weighted by Gasteiger charge is -2.45. The summed E-state index contributed by atoms with van der Waals surface area (Å²) in [5.74, 6) is -0.0589. The van der Waals surface area contributed by atoms with Crippen LogP contribution in [0.4, 0.5) is 0 Å². The monoisotopic (exact) mass is 194 g/mol. The molecular formula is C12H18O2. The fourth-order valence-corrected chi connectivity index (χ4v) is 2.84. The van der Waals surface area contributed by atoms with Gasteiger partial charge in [-0.3, -0.25) is 4.79 Å². The lowest BCUT2D eigenvalue weighted by atomic mass is 9.59. The maximum absolute atomic E-state index is 11.3. The van der Waals surface area contributed by atoms with E-state index in [0.29, 0.717) is 6.42 Å². The van der Waals surface area contributed by atoms with Crippen molar-refractivity contribution >= 4 is 5.97 Å². The van der Waals surface area contributed by atoms with Crippen molar-refractivity contribution in [3.8, 4) is 0 Å². The summed E-state index contributed by atoms with van der Waals surface area (Å²) in [7, 11) is 0. The number of carbonyl (C=O) groups is 1. The predicted molar refractivity (Wildman–Crippen MR) is 54.8 cm³/mol. The Labute approximate surface area is 85.3 Å². The Bertz CT molecular complexity index is 303. The molecule has 2 nitrogen and oxygen atoms in total. The van der Waals surface area contributed by atoms with Crippen LogP contribution in [0.3, 0.4) is 0 Å². The largest absolute Gasteiger partial charge is 0.461 e. The topological polar surface area (TPSA) is 26.3 Å². The first kappa shape index (κ1) is 9.75. The van der Waals surface area contributed by atoms with Crippen LogP contribution in [0.25, 0.3) is 0 Å². The number of hydrogen-bond donors (Lipinski definition) is 0. The second-order valence-electron chi connectivity index (χ2n) is 5.47. The van der Waals surface area contributed by atoms with Crippen molar-refractivity contribution in [2.24, 2.45) is 10.8 Å². The smallest absolute Gasteiger partial charge is 0.307 e. The first-order valence-corrected chi connectivity index (χ1v) is 5.26. The molecule has 1 saturated carbocycles. The molecule has 0 bridgehead atoms. The zero-order valence-electron chi connectivity index (χ0n) is 9.22. The van der Waals surface area contributed by atoms with Crippen LogP contribution in [0.2, 0.25) is 0 Å². The maximum Gasteiger partial charge on any atom is 0.307 e. The number of hydrogen-bond acceptors (Lipinski definition) is 2. The molecule has 1 heterocycles. The highest BCUT2D eigenvalue weighted by Gasteiger charge is 2.53. The van der Waals surface area contributed by atoms with E-state index in [1.807, 2.05) is 0 Å². The van der Waals surface area contributed by atoms with Gasteiger partial charge in [-0.1, -0.05) is 32.9 Å². The van der Waals surface area contributed by atoms with Gasteiger partial charge in [-0.2, -0.15) is 0 Å². The SMILES string of the molecule is C=C1C(C)(C)CC[C@H]2OC(=O)C[C@]12C. The van der Waals surface area contributed by atoms with E-state index in [1.165, 1.54) is 5.57 Å². The maximum atomic E-state index is 11.3. The third-order valence-electron chi connectivity index (χ3n) is 4.03. The molecule has 1 aliphatic carbocycles. The second-order valence-corrected chi connectivity index (χ2v) is 5.47. The Morgan fingerprint density at radius 3 is 2.71 bits per heavy atom. The number of esters is 1. The second kappa shape index (κ2) is 2.62. The molecule has 0 N–H and O–H groups in total. The molecule has 2 fully saturated rings. The first-order chi connectivity index (χ1) is 6.36. The van der Waals surface area contributed by atoms with E-state index in [4.69, 9.17) is 4.74 Å². The summed E-state index contributed by atoms with van der Waals surface area (Å²) in [6, 6.07) is 0. The van der Waals surface area contributed by atoms with Crippen LogP contribution < -0.4 is 0 Å². The zero-order chi connectivity index (χ0) is 10.6. The minimum atomic E-state index is -0.112. The third-order valence-corrected chi connectivity index (χ3v) is 4.03. The lowest BCUT2D eigenvalue weighted by Crippen LogP contribution is -2.41. The van der Waals surface area contributed by atoms with E-state index < -0.39 is 0 Å². The van der Waals surface area contributed by atoms with E-state index >= 15 is 0 Å². The molecule has 2 atom stereocenters. The van der Waals surface area contributed by atoms with Gasteiger partial charge in [-0.05, 0) is 18.3 Å². The summed E-state index contributed by atoms with van der Waals surface area (Å²) in [5.41, 5.74) is 1.23. The summed E-state index contributed by atoms with van der Waals surface area (Å²) >= 11 is 0. The summed E-state index contributed by atoms with van der Waals surface area (Å²) in [4.78, 5) is 11.3. The van der Waals surface area contributed by atoms with Gasteiger partial charge in [0.05, 0.1) is 6.42 Å². The molecule has 0 aromatic carbocycles. The normalized spacial score (nSPS) is 40.6. The van der Waals surface area contributed by atoms with E-state index in [1.54, 1.807) is 0 Å². The van der Waals surface area contributed by atoms with Crippen molar-refractivity contribution in [2.75, 3.05) is 0 Å². The highest BCUT2D eigenvalue weighted by Crippen LogP contribution is 2.55. The van der Waals surface area contributed by atoms with Gasteiger partial charge in [0.15, 0.2) is 0 Å². The highest BCUT2D eigenvalue weighted by molar-refractivity contribution is 5.74. The average Bonchev–Trinajstić information content (AvgIpc) is 2.36. The number of rotatable bonds is 0. The van der Waals surface area contributed by atoms with E-state index in [0.717, 1.165) is 12.8 Å². The van der Waals surface area contributed by atoms with Crippen molar-refractivity contribution in [1.82, 2.24) is 0 Å². The molecule has 2 aliphatic rings. The third kappa shape index (κ3) is 1.13. The molecule has 1 aliphatic heterocycles. The van der Waals surface area contributed by atoms with Crippen molar-refractivity contribution < 1.29 is 9.53 Å². The summed E-state index contributed by atoms with van der Waals surface area (Å²) in [6.07, 6.45) is 2.64. The molecule has 78 valence electrons. The summed E-state index contributed by atoms with van der Waals surface area (Å²) in [5, 5.41) is 0. The number of carbonyl (C=O) groups excluding carboxylic acids is 1. The number of fused-ring (bicyclic) bond motifs is 1. The van der Waals surface area contributed by atoms with Gasteiger partial charge in [-0.15, -0.1) is 0 Å². The van der Waals surface area contributed by atoms with Crippen LogP contribution >= 0.6 is 0 Å². The molecule has 0 radical (unpaired) electrons. The molecular weight excluding hydrogens is 176 g/mol. The Kier molecular flexibility index (Phi) is 1.82. The van der Waals surface area contributed by atoms with Crippen molar-refractivity contribution in [3.63, 3.8) is 0 Å². The van der Waals surface area contributed by atoms with E-state index in [-0.39, 0.29) is 22.9 Å². The van der Waals surface area contributed by atoms with Crippen LogP contribution in [0.15, 0.2) is 12.2 Å². The van der Waals surface area contributed by atoms with Crippen molar-refractivity contribution in [3.05, 3.63) is 12.2 Å². The highest BCUT2D eigenvalue weighted by atomic mass is 16.6. The molecule has 0 aromatic heterocycles. The average molecular weight is 194 g/mol. The van der Waals surface area contributed by atoms with Gasteiger partial charge in [0.1, 0.15) is 6.10 Å². The van der Waals surface area contributed by atoms with Crippen LogP contribution in [0.5, 0.6) is 0 Å². The van der Waals surface area contributed by atoms with Gasteiger partial charge in [0.2, 0.25) is 0 Å². The van der Waals surface area contributed by atoms with Crippen molar-refractivity contribution in [2.45, 2.75) is 46.1 Å². The lowest BCUT2D eigenvalue weighted by molar-refractivity contribution is -0.142. The Hall–Kier alpha value is -0.790. The van der Waals surface area contributed by atoms with Crippen LogP contribution in [0, 0.1) is 10.8 Å². The van der Waals surface area contributed by atoms with Crippen LogP contribution in [-0.2, 0) is 9.53 Å². The fourth-order valence-electron chi connectivity index (χ4n) is 2.84. The quantitative estimate of drug-likeness (QED) is 0.438. The van der Waals surface area contributed by atoms with Gasteiger partial charge in [-0.25, -0.2) is 0 Å². The minimum Gasteiger partial charge on any atom is -0.461 e. The van der Waals surface area contributed by atoms with Gasteiger partial charge in [0.25, 0.3) is 0 Å². The zero-order valence-corrected chi connectivity index (χ0v) is 9.22.